The maximum atomic E-state index is 11.5. The molecule has 0 saturated heterocycles. The molecule has 0 aliphatic heterocycles. The summed E-state index contributed by atoms with van der Waals surface area (Å²) in [6.07, 6.45) is -0.534. The number of alkyl halides is 1. The molecule has 0 aromatic heterocycles. The Morgan fingerprint density at radius 2 is 1.92 bits per heavy atom. The summed E-state index contributed by atoms with van der Waals surface area (Å²) >= 11 is 3.09. The van der Waals surface area contributed by atoms with Gasteiger partial charge in [-0.05, 0) is 13.3 Å². The van der Waals surface area contributed by atoms with Crippen molar-refractivity contribution >= 4 is 25.8 Å². The van der Waals surface area contributed by atoms with E-state index in [1.165, 1.54) is 6.92 Å². The lowest BCUT2D eigenvalue weighted by Gasteiger charge is -2.28. The lowest BCUT2D eigenvalue weighted by molar-refractivity contribution is 0.177. The highest BCUT2D eigenvalue weighted by Gasteiger charge is 2.42. The maximum absolute atomic E-state index is 11.5. The Balaban J connectivity index is 5.02. The molecule has 0 bridgehead atoms. The van der Waals surface area contributed by atoms with Gasteiger partial charge in [0, 0.05) is 5.75 Å². The van der Waals surface area contributed by atoms with Gasteiger partial charge in [0.05, 0.1) is 6.10 Å². The van der Waals surface area contributed by atoms with Crippen molar-refractivity contribution in [3.8, 4) is 0 Å². The maximum Gasteiger partial charge on any atom is 0.168 e. The van der Waals surface area contributed by atoms with Gasteiger partial charge in [-0.15, -0.1) is 0 Å². The number of aliphatic hydroxyl groups excluding tert-OH is 1. The first-order chi connectivity index (χ1) is 5.31. The summed E-state index contributed by atoms with van der Waals surface area (Å²) in [5, 5.41) is 9.31. The molecule has 12 heavy (non-hydrogen) atoms. The van der Waals surface area contributed by atoms with Crippen molar-refractivity contribution < 1.29 is 13.5 Å². The molecule has 0 heterocycles. The molecule has 0 radical (unpaired) electrons. The van der Waals surface area contributed by atoms with Crippen LogP contribution in [0.25, 0.3) is 0 Å². The molecule has 2 unspecified atom stereocenters. The van der Waals surface area contributed by atoms with E-state index in [4.69, 9.17) is 0 Å². The van der Waals surface area contributed by atoms with Crippen molar-refractivity contribution in [2.24, 2.45) is 0 Å². The lowest BCUT2D eigenvalue weighted by Crippen LogP contribution is -2.42. The molecule has 3 nitrogen and oxygen atoms in total. The number of sulfone groups is 1. The van der Waals surface area contributed by atoms with Crippen LogP contribution in [0.3, 0.4) is 0 Å². The van der Waals surface area contributed by atoms with Gasteiger partial charge < -0.3 is 5.11 Å². The number of halogens is 1. The van der Waals surface area contributed by atoms with Crippen LogP contribution in [0.1, 0.15) is 27.2 Å². The van der Waals surface area contributed by atoms with E-state index in [1.807, 2.05) is 0 Å². The summed E-state index contributed by atoms with van der Waals surface area (Å²) < 4.78 is 21.8. The van der Waals surface area contributed by atoms with Gasteiger partial charge in [0.2, 0.25) is 0 Å². The summed E-state index contributed by atoms with van der Waals surface area (Å²) in [6, 6.07) is 0. The summed E-state index contributed by atoms with van der Waals surface area (Å²) in [4.78, 5) is 0. The minimum Gasteiger partial charge on any atom is -0.391 e. The molecule has 0 aromatic carbocycles. The van der Waals surface area contributed by atoms with Gasteiger partial charge >= 0.3 is 0 Å². The minimum absolute atomic E-state index is 0.0387. The van der Waals surface area contributed by atoms with E-state index in [2.05, 4.69) is 15.9 Å². The highest BCUT2D eigenvalue weighted by molar-refractivity contribution is 9.11. The van der Waals surface area contributed by atoms with Crippen molar-refractivity contribution in [3.63, 3.8) is 0 Å². The van der Waals surface area contributed by atoms with Gasteiger partial charge in [0.25, 0.3) is 0 Å². The molecular formula is C7H15BrO3S. The molecule has 0 fully saturated rings. The second-order valence-corrected chi connectivity index (χ2v) is 7.19. The minimum atomic E-state index is -3.24. The highest BCUT2D eigenvalue weighted by atomic mass is 79.9. The SMILES string of the molecule is CCC(Br)(C(C)O)S(=O)(=O)CC. The average Bonchev–Trinajstić information content (AvgIpc) is 2.02. The number of hydrogen-bond donors (Lipinski definition) is 1. The molecular weight excluding hydrogens is 244 g/mol. The van der Waals surface area contributed by atoms with Crippen LogP contribution in [-0.2, 0) is 9.84 Å². The largest absolute Gasteiger partial charge is 0.391 e. The van der Waals surface area contributed by atoms with E-state index in [0.29, 0.717) is 6.42 Å². The van der Waals surface area contributed by atoms with Crippen molar-refractivity contribution in [2.75, 3.05) is 5.75 Å². The van der Waals surface area contributed by atoms with Gasteiger partial charge in [-0.1, -0.05) is 29.8 Å². The van der Waals surface area contributed by atoms with E-state index in [0.717, 1.165) is 0 Å². The third-order valence-electron chi connectivity index (χ3n) is 2.00. The van der Waals surface area contributed by atoms with Crippen LogP contribution in [0.15, 0.2) is 0 Å². The molecule has 2 atom stereocenters. The van der Waals surface area contributed by atoms with Crippen LogP contribution in [0.4, 0.5) is 0 Å². The van der Waals surface area contributed by atoms with Crippen molar-refractivity contribution in [2.45, 2.75) is 37.0 Å². The third-order valence-corrected chi connectivity index (χ3v) is 7.13. The topological polar surface area (TPSA) is 54.4 Å². The Kier molecular flexibility index (Phi) is 4.20. The zero-order chi connectivity index (χ0) is 9.99. The molecule has 0 spiro atoms. The third kappa shape index (κ3) is 2.00. The monoisotopic (exact) mass is 258 g/mol. The predicted molar refractivity (Wildman–Crippen MR) is 53.1 cm³/mol. The van der Waals surface area contributed by atoms with Crippen molar-refractivity contribution in [1.29, 1.82) is 0 Å². The van der Waals surface area contributed by atoms with E-state index < -0.39 is 19.6 Å². The molecule has 0 aromatic rings. The zero-order valence-corrected chi connectivity index (χ0v) is 9.94. The van der Waals surface area contributed by atoms with Gasteiger partial charge in [-0.2, -0.15) is 0 Å². The fourth-order valence-electron chi connectivity index (χ4n) is 1.02. The Morgan fingerprint density at radius 1 is 1.50 bits per heavy atom. The van der Waals surface area contributed by atoms with Crippen LogP contribution in [0.5, 0.6) is 0 Å². The van der Waals surface area contributed by atoms with Crippen LogP contribution < -0.4 is 0 Å². The normalized spacial score (nSPS) is 20.1. The smallest absolute Gasteiger partial charge is 0.168 e. The fraction of sp³-hybridized carbons (Fsp3) is 1.00. The summed E-state index contributed by atoms with van der Waals surface area (Å²) in [7, 11) is -3.24. The quantitative estimate of drug-likeness (QED) is 0.774. The zero-order valence-electron chi connectivity index (χ0n) is 7.54. The Hall–Kier alpha value is 0.390. The summed E-state index contributed by atoms with van der Waals surface area (Å²) in [6.45, 7) is 4.78. The standard InChI is InChI=1S/C7H15BrO3S/c1-4-7(8,6(3)9)12(10,11)5-2/h6,9H,4-5H2,1-3H3. The van der Waals surface area contributed by atoms with Crippen LogP contribution in [0, 0.1) is 0 Å². The second kappa shape index (κ2) is 4.07. The first-order valence-electron chi connectivity index (χ1n) is 3.91. The van der Waals surface area contributed by atoms with Crippen LogP contribution in [0.2, 0.25) is 0 Å². The first-order valence-corrected chi connectivity index (χ1v) is 6.35. The Labute approximate surface area is 82.2 Å². The predicted octanol–water partition coefficient (Wildman–Crippen LogP) is 1.30. The number of aliphatic hydroxyl groups is 1. The lowest BCUT2D eigenvalue weighted by atomic mass is 10.2. The Morgan fingerprint density at radius 3 is 2.00 bits per heavy atom. The molecule has 0 saturated carbocycles. The van der Waals surface area contributed by atoms with E-state index in [1.54, 1.807) is 13.8 Å². The number of rotatable bonds is 4. The van der Waals surface area contributed by atoms with Gasteiger partial charge in [-0.3, -0.25) is 0 Å². The summed E-state index contributed by atoms with van der Waals surface area (Å²) in [5.74, 6) is 0.0387. The van der Waals surface area contributed by atoms with Crippen LogP contribution >= 0.6 is 15.9 Å². The first kappa shape index (κ1) is 12.4. The van der Waals surface area contributed by atoms with Crippen molar-refractivity contribution in [1.82, 2.24) is 0 Å². The molecule has 0 amide bonds. The van der Waals surface area contributed by atoms with Crippen molar-refractivity contribution in [3.05, 3.63) is 0 Å². The molecule has 74 valence electrons. The van der Waals surface area contributed by atoms with Gasteiger partial charge in [0.15, 0.2) is 13.5 Å². The van der Waals surface area contributed by atoms with Crippen LogP contribution in [-0.4, -0.2) is 29.0 Å². The van der Waals surface area contributed by atoms with E-state index >= 15 is 0 Å². The molecule has 1 N–H and O–H groups in total. The number of hydrogen-bond acceptors (Lipinski definition) is 3. The van der Waals surface area contributed by atoms with E-state index in [-0.39, 0.29) is 5.75 Å². The second-order valence-electron chi connectivity index (χ2n) is 2.72. The molecule has 0 aliphatic carbocycles. The molecule has 0 aliphatic rings. The highest BCUT2D eigenvalue weighted by Crippen LogP contribution is 2.33. The average molecular weight is 259 g/mol. The molecule has 0 rings (SSSR count). The molecule has 5 heteroatoms. The Bertz CT molecular complexity index is 235. The fourth-order valence-corrected chi connectivity index (χ4v) is 3.14. The van der Waals surface area contributed by atoms with Gasteiger partial charge in [-0.25, -0.2) is 8.42 Å². The van der Waals surface area contributed by atoms with E-state index in [9.17, 15) is 13.5 Å². The van der Waals surface area contributed by atoms with Gasteiger partial charge in [0.1, 0.15) is 0 Å². The summed E-state index contributed by atoms with van der Waals surface area (Å²) in [5.41, 5.74) is 0.